The highest BCUT2D eigenvalue weighted by Gasteiger charge is 2.55. The van der Waals surface area contributed by atoms with E-state index in [0.717, 1.165) is 14.9 Å². The molecule has 9 nitrogen and oxygen atoms in total. The third-order valence-electron chi connectivity index (χ3n) is 4.79. The van der Waals surface area contributed by atoms with Crippen LogP contribution in [0.15, 0.2) is 67.9 Å². The number of imide groups is 1. The Bertz CT molecular complexity index is 1180. The van der Waals surface area contributed by atoms with Gasteiger partial charge in [-0.15, -0.1) is 0 Å². The lowest BCUT2D eigenvalue weighted by Crippen LogP contribution is -2.39. The Balaban J connectivity index is 1.36. The van der Waals surface area contributed by atoms with Crippen molar-refractivity contribution in [2.24, 2.45) is 10.3 Å². The van der Waals surface area contributed by atoms with Gasteiger partial charge in [-0.1, -0.05) is 38.4 Å². The summed E-state index contributed by atoms with van der Waals surface area (Å²) in [5, 5.41) is 13.2. The van der Waals surface area contributed by atoms with Crippen molar-refractivity contribution in [3.63, 3.8) is 0 Å². The fraction of sp³-hybridized carbons (Fsp3) is 0.158. The third-order valence-corrected chi connectivity index (χ3v) is 5.28. The number of benzene rings is 2. The molecule has 1 fully saturated rings. The zero-order valence-electron chi connectivity index (χ0n) is 15.1. The maximum Gasteiger partial charge on any atom is 0.263 e. The molecule has 0 N–H and O–H groups in total. The topological polar surface area (TPSA) is 104 Å². The molecule has 2 amide bonds. The molecule has 150 valence electrons. The first-order chi connectivity index (χ1) is 14.5. The summed E-state index contributed by atoms with van der Waals surface area (Å²) in [5.41, 5.74) is 1.04. The Hall–Kier alpha value is -3.47. The Kier molecular flexibility index (Phi) is 4.39. The highest BCUT2D eigenvalue weighted by atomic mass is 79.9. The molecule has 0 spiro atoms. The van der Waals surface area contributed by atoms with Crippen molar-refractivity contribution in [2.45, 2.75) is 18.6 Å². The minimum atomic E-state index is -0.963. The lowest BCUT2D eigenvalue weighted by atomic mass is 10.1. The van der Waals surface area contributed by atoms with Crippen molar-refractivity contribution >= 4 is 33.4 Å². The van der Waals surface area contributed by atoms with E-state index >= 15 is 0 Å². The second-order valence-corrected chi connectivity index (χ2v) is 7.62. The van der Waals surface area contributed by atoms with Crippen LogP contribution in [0.3, 0.4) is 0 Å². The molecule has 0 unspecified atom stereocenters. The molecule has 3 aromatic rings. The summed E-state index contributed by atoms with van der Waals surface area (Å²) in [6.45, 7) is 0.0158. The Morgan fingerprint density at radius 3 is 2.67 bits per heavy atom. The van der Waals surface area contributed by atoms with E-state index in [9.17, 15) is 14.0 Å². The van der Waals surface area contributed by atoms with Crippen LogP contribution in [0.4, 0.5) is 10.1 Å². The molecular formula is C19H12BrFN6O3. The zero-order chi connectivity index (χ0) is 20.8. The van der Waals surface area contributed by atoms with Crippen LogP contribution in [-0.4, -0.2) is 39.0 Å². The number of halogens is 2. The molecule has 30 heavy (non-hydrogen) atoms. The number of aromatic nitrogens is 2. The Labute approximate surface area is 177 Å². The lowest BCUT2D eigenvalue weighted by Gasteiger charge is -2.19. The van der Waals surface area contributed by atoms with E-state index in [4.69, 9.17) is 4.52 Å². The number of carbonyl (C=O) groups excluding carboxylic acids is 2. The molecule has 2 aromatic carbocycles. The van der Waals surface area contributed by atoms with Gasteiger partial charge in [0.25, 0.3) is 11.8 Å². The Morgan fingerprint density at radius 1 is 1.10 bits per heavy atom. The average Bonchev–Trinajstić information content (AvgIpc) is 3.42. The molecule has 2 aliphatic rings. The fourth-order valence-electron chi connectivity index (χ4n) is 3.40. The second kappa shape index (κ2) is 7.10. The van der Waals surface area contributed by atoms with Crippen LogP contribution in [-0.2, 0) is 16.1 Å². The number of carbonyl (C=O) groups is 2. The molecule has 0 bridgehead atoms. The van der Waals surface area contributed by atoms with Crippen LogP contribution in [0.5, 0.6) is 0 Å². The van der Waals surface area contributed by atoms with E-state index in [1.54, 1.807) is 0 Å². The zero-order valence-corrected chi connectivity index (χ0v) is 16.7. The first-order valence-electron chi connectivity index (χ1n) is 8.90. The van der Waals surface area contributed by atoms with Gasteiger partial charge in [0.15, 0.2) is 12.1 Å². The van der Waals surface area contributed by atoms with Crippen molar-refractivity contribution in [1.29, 1.82) is 0 Å². The summed E-state index contributed by atoms with van der Waals surface area (Å²) in [6.07, 6.45) is 0. The van der Waals surface area contributed by atoms with E-state index in [-0.39, 0.29) is 18.1 Å². The standard InChI is InChI=1S/C19H12BrFN6O3/c20-11-3-1-2-10(8-11)17-22-14(30-24-17)9-26-16-15(23-25-26)18(28)27(19(16)29)13-6-4-12(21)5-7-13/h1-8,15-16H,9H2/t15-,16+/m1/s1. The van der Waals surface area contributed by atoms with Crippen molar-refractivity contribution in [3.05, 3.63) is 64.7 Å². The quantitative estimate of drug-likeness (QED) is 0.542. The predicted molar refractivity (Wildman–Crippen MR) is 104 cm³/mol. The van der Waals surface area contributed by atoms with Gasteiger partial charge in [-0.2, -0.15) is 10.1 Å². The minimum absolute atomic E-state index is 0.0158. The van der Waals surface area contributed by atoms with Crippen LogP contribution in [0.1, 0.15) is 5.89 Å². The van der Waals surface area contributed by atoms with Crippen LogP contribution >= 0.6 is 15.9 Å². The molecule has 1 saturated heterocycles. The minimum Gasteiger partial charge on any atom is -0.337 e. The number of anilines is 1. The maximum absolute atomic E-state index is 13.2. The number of hydrogen-bond donors (Lipinski definition) is 0. The van der Waals surface area contributed by atoms with Crippen molar-refractivity contribution in [3.8, 4) is 11.4 Å². The molecule has 11 heteroatoms. The van der Waals surface area contributed by atoms with Crippen LogP contribution < -0.4 is 4.90 Å². The monoisotopic (exact) mass is 470 g/mol. The molecule has 0 aliphatic carbocycles. The molecule has 5 rings (SSSR count). The summed E-state index contributed by atoms with van der Waals surface area (Å²) in [6, 6.07) is 10.7. The first-order valence-corrected chi connectivity index (χ1v) is 9.70. The van der Waals surface area contributed by atoms with E-state index in [1.807, 2.05) is 24.3 Å². The summed E-state index contributed by atoms with van der Waals surface area (Å²) < 4.78 is 19.4. The molecule has 2 atom stereocenters. The van der Waals surface area contributed by atoms with Gasteiger partial charge in [0.1, 0.15) is 12.4 Å². The molecule has 1 aromatic heterocycles. The van der Waals surface area contributed by atoms with E-state index in [0.29, 0.717) is 5.82 Å². The number of nitrogens with zero attached hydrogens (tertiary/aromatic N) is 6. The van der Waals surface area contributed by atoms with Gasteiger partial charge in [-0.25, -0.2) is 9.29 Å². The molecule has 2 aliphatic heterocycles. The average molecular weight is 471 g/mol. The first kappa shape index (κ1) is 18.6. The van der Waals surface area contributed by atoms with Gasteiger partial charge in [0, 0.05) is 10.0 Å². The van der Waals surface area contributed by atoms with Crippen LogP contribution in [0, 0.1) is 5.82 Å². The van der Waals surface area contributed by atoms with Crippen LogP contribution in [0.25, 0.3) is 11.4 Å². The predicted octanol–water partition coefficient (Wildman–Crippen LogP) is 3.13. The van der Waals surface area contributed by atoms with Crippen molar-refractivity contribution in [1.82, 2.24) is 15.1 Å². The number of fused-ring (bicyclic) bond motifs is 1. The summed E-state index contributed by atoms with van der Waals surface area (Å²) in [5.74, 6) is -0.848. The highest BCUT2D eigenvalue weighted by Crippen LogP contribution is 2.33. The number of rotatable bonds is 4. The second-order valence-electron chi connectivity index (χ2n) is 6.70. The maximum atomic E-state index is 13.2. The van der Waals surface area contributed by atoms with Gasteiger partial charge < -0.3 is 4.52 Å². The van der Waals surface area contributed by atoms with Crippen molar-refractivity contribution < 1.29 is 18.5 Å². The molecule has 0 saturated carbocycles. The molecule has 3 heterocycles. The number of amides is 2. The SMILES string of the molecule is O=C1[C@@H]2[C@@H](N=NN2Cc2nc(-c3cccc(Br)c3)no2)C(=O)N1c1ccc(F)cc1. The number of hydrogen-bond acceptors (Lipinski definition) is 8. The van der Waals surface area contributed by atoms with Gasteiger partial charge >= 0.3 is 0 Å². The molecular weight excluding hydrogens is 459 g/mol. The van der Waals surface area contributed by atoms with Gasteiger partial charge in [0.2, 0.25) is 11.7 Å². The fourth-order valence-corrected chi connectivity index (χ4v) is 3.80. The van der Waals surface area contributed by atoms with Gasteiger partial charge in [-0.05, 0) is 36.4 Å². The lowest BCUT2D eigenvalue weighted by molar-refractivity contribution is -0.123. The smallest absolute Gasteiger partial charge is 0.263 e. The van der Waals surface area contributed by atoms with Gasteiger partial charge in [0.05, 0.1) is 5.69 Å². The largest absolute Gasteiger partial charge is 0.337 e. The van der Waals surface area contributed by atoms with Crippen molar-refractivity contribution in [2.75, 3.05) is 4.90 Å². The van der Waals surface area contributed by atoms with E-state index in [2.05, 4.69) is 36.4 Å². The van der Waals surface area contributed by atoms with E-state index in [1.165, 1.54) is 29.3 Å². The normalized spacial score (nSPS) is 20.3. The summed E-state index contributed by atoms with van der Waals surface area (Å²) in [7, 11) is 0. The summed E-state index contributed by atoms with van der Waals surface area (Å²) >= 11 is 3.39. The third kappa shape index (κ3) is 3.07. The highest BCUT2D eigenvalue weighted by molar-refractivity contribution is 9.10. The summed E-state index contributed by atoms with van der Waals surface area (Å²) in [4.78, 5) is 30.9. The Morgan fingerprint density at radius 2 is 1.90 bits per heavy atom. The van der Waals surface area contributed by atoms with Crippen LogP contribution in [0.2, 0.25) is 0 Å². The molecule has 0 radical (unpaired) electrons. The van der Waals surface area contributed by atoms with E-state index < -0.39 is 29.7 Å². The van der Waals surface area contributed by atoms with Gasteiger partial charge in [-0.3, -0.25) is 14.6 Å².